The van der Waals surface area contributed by atoms with E-state index in [0.29, 0.717) is 34.7 Å². The largest absolute Gasteiger partial charge is 0.494 e. The fraction of sp³-hybridized carbons (Fsp3) is 0.125. The second-order valence-electron chi connectivity index (χ2n) is 7.23. The Hall–Kier alpha value is -3.78. The summed E-state index contributed by atoms with van der Waals surface area (Å²) in [7, 11) is -1.82. The normalized spacial score (nSPS) is 11.3. The zero-order chi connectivity index (χ0) is 22.7. The van der Waals surface area contributed by atoms with Crippen molar-refractivity contribution in [1.82, 2.24) is 14.8 Å². The lowest BCUT2D eigenvalue weighted by Crippen LogP contribution is -2.26. The SMILES string of the molecule is COc1cccnc1-c1c(-c2ccc(S(C)(=O)=O)cc2)cnn(Cc2ccccc2)c1=O. The first-order chi connectivity index (χ1) is 15.4. The maximum Gasteiger partial charge on any atom is 0.277 e. The van der Waals surface area contributed by atoms with Gasteiger partial charge in [-0.05, 0) is 35.4 Å². The van der Waals surface area contributed by atoms with Gasteiger partial charge in [-0.3, -0.25) is 9.78 Å². The Labute approximate surface area is 185 Å². The molecule has 0 N–H and O–H groups in total. The zero-order valence-electron chi connectivity index (χ0n) is 17.6. The summed E-state index contributed by atoms with van der Waals surface area (Å²) >= 11 is 0. The van der Waals surface area contributed by atoms with Gasteiger partial charge in [0.25, 0.3) is 5.56 Å². The number of ether oxygens (including phenoxy) is 1. The average Bonchev–Trinajstić information content (AvgIpc) is 2.80. The second-order valence-corrected chi connectivity index (χ2v) is 9.25. The van der Waals surface area contributed by atoms with Crippen LogP contribution in [0.25, 0.3) is 22.4 Å². The fourth-order valence-corrected chi connectivity index (χ4v) is 4.06. The number of benzene rings is 2. The van der Waals surface area contributed by atoms with Crippen molar-refractivity contribution in [1.29, 1.82) is 0 Å². The predicted octanol–water partition coefficient (Wildman–Crippen LogP) is 3.43. The maximum absolute atomic E-state index is 13.6. The number of sulfone groups is 1. The summed E-state index contributed by atoms with van der Waals surface area (Å²) in [6, 6.07) is 19.4. The minimum absolute atomic E-state index is 0.198. The predicted molar refractivity (Wildman–Crippen MR) is 122 cm³/mol. The van der Waals surface area contributed by atoms with Crippen molar-refractivity contribution in [2.45, 2.75) is 11.4 Å². The van der Waals surface area contributed by atoms with Crippen LogP contribution in [0.1, 0.15) is 5.56 Å². The van der Waals surface area contributed by atoms with Gasteiger partial charge >= 0.3 is 0 Å². The van der Waals surface area contributed by atoms with E-state index in [-0.39, 0.29) is 10.5 Å². The molecular weight excluding hydrogens is 426 g/mol. The lowest BCUT2D eigenvalue weighted by Gasteiger charge is -2.14. The van der Waals surface area contributed by atoms with Crippen LogP contribution in [0.4, 0.5) is 0 Å². The molecule has 0 aliphatic heterocycles. The van der Waals surface area contributed by atoms with Crippen molar-refractivity contribution >= 4 is 9.84 Å². The van der Waals surface area contributed by atoms with Crippen LogP contribution in [-0.4, -0.2) is 36.5 Å². The number of rotatable bonds is 6. The first-order valence-corrected chi connectivity index (χ1v) is 11.7. The molecule has 32 heavy (non-hydrogen) atoms. The van der Waals surface area contributed by atoms with Crippen LogP contribution in [0.2, 0.25) is 0 Å². The molecule has 0 aliphatic carbocycles. The Morgan fingerprint density at radius 1 is 0.969 bits per heavy atom. The van der Waals surface area contributed by atoms with Crippen LogP contribution < -0.4 is 10.3 Å². The number of hydrogen-bond acceptors (Lipinski definition) is 6. The Balaban J connectivity index is 1.92. The first kappa shape index (κ1) is 21.5. The number of methoxy groups -OCH3 is 1. The van der Waals surface area contributed by atoms with E-state index in [2.05, 4.69) is 10.1 Å². The highest BCUT2D eigenvalue weighted by atomic mass is 32.2. The minimum Gasteiger partial charge on any atom is -0.494 e. The van der Waals surface area contributed by atoms with Crippen LogP contribution in [0.15, 0.2) is 88.8 Å². The molecule has 2 heterocycles. The summed E-state index contributed by atoms with van der Waals surface area (Å²) in [6.07, 6.45) is 4.34. The highest BCUT2D eigenvalue weighted by Crippen LogP contribution is 2.33. The monoisotopic (exact) mass is 447 g/mol. The number of pyridine rings is 1. The Kier molecular flexibility index (Phi) is 5.87. The van der Waals surface area contributed by atoms with Gasteiger partial charge in [0.15, 0.2) is 9.84 Å². The van der Waals surface area contributed by atoms with Crippen LogP contribution in [-0.2, 0) is 16.4 Å². The van der Waals surface area contributed by atoms with E-state index in [9.17, 15) is 13.2 Å². The van der Waals surface area contributed by atoms with E-state index < -0.39 is 9.84 Å². The molecule has 0 amide bonds. The standard InChI is InChI=1S/C24H21N3O4S/c1-31-21-9-6-14-25-23(21)22-20(18-10-12-19(13-11-18)32(2,29)30)15-26-27(24(22)28)16-17-7-4-3-5-8-17/h3-15H,16H2,1-2H3. The quantitative estimate of drug-likeness (QED) is 0.450. The molecular formula is C24H21N3O4S. The van der Waals surface area contributed by atoms with Crippen molar-refractivity contribution in [3.05, 3.63) is 95.0 Å². The van der Waals surface area contributed by atoms with Gasteiger partial charge in [0.1, 0.15) is 11.4 Å². The van der Waals surface area contributed by atoms with Gasteiger partial charge in [0, 0.05) is 18.0 Å². The van der Waals surface area contributed by atoms with E-state index in [1.165, 1.54) is 23.9 Å². The lowest BCUT2D eigenvalue weighted by molar-refractivity contribution is 0.414. The van der Waals surface area contributed by atoms with Crippen molar-refractivity contribution < 1.29 is 13.2 Å². The van der Waals surface area contributed by atoms with E-state index in [1.54, 1.807) is 36.7 Å². The molecule has 0 unspecified atom stereocenters. The fourth-order valence-electron chi connectivity index (χ4n) is 3.43. The van der Waals surface area contributed by atoms with E-state index >= 15 is 0 Å². The Bertz CT molecular complexity index is 1410. The maximum atomic E-state index is 13.6. The smallest absolute Gasteiger partial charge is 0.277 e. The van der Waals surface area contributed by atoms with Crippen LogP contribution >= 0.6 is 0 Å². The number of aromatic nitrogens is 3. The third kappa shape index (κ3) is 4.31. The summed E-state index contributed by atoms with van der Waals surface area (Å²) in [5.74, 6) is 0.455. The molecule has 0 fully saturated rings. The molecule has 0 atom stereocenters. The van der Waals surface area contributed by atoms with E-state index in [0.717, 1.165) is 11.8 Å². The zero-order valence-corrected chi connectivity index (χ0v) is 18.4. The first-order valence-electron chi connectivity index (χ1n) is 9.82. The van der Waals surface area contributed by atoms with Crippen molar-refractivity contribution in [2.24, 2.45) is 0 Å². The van der Waals surface area contributed by atoms with Gasteiger partial charge in [-0.2, -0.15) is 5.10 Å². The molecule has 0 bridgehead atoms. The topological polar surface area (TPSA) is 91.2 Å². The lowest BCUT2D eigenvalue weighted by atomic mass is 10.00. The highest BCUT2D eigenvalue weighted by Gasteiger charge is 2.20. The highest BCUT2D eigenvalue weighted by molar-refractivity contribution is 7.90. The molecule has 4 rings (SSSR count). The van der Waals surface area contributed by atoms with Gasteiger partial charge in [0.2, 0.25) is 0 Å². The summed E-state index contributed by atoms with van der Waals surface area (Å²) in [4.78, 5) is 18.2. The van der Waals surface area contributed by atoms with Gasteiger partial charge in [-0.1, -0.05) is 42.5 Å². The van der Waals surface area contributed by atoms with Gasteiger partial charge in [0.05, 0.1) is 30.3 Å². The minimum atomic E-state index is -3.34. The van der Waals surface area contributed by atoms with E-state index in [1.807, 2.05) is 30.3 Å². The molecule has 7 nitrogen and oxygen atoms in total. The Morgan fingerprint density at radius 2 is 1.69 bits per heavy atom. The van der Waals surface area contributed by atoms with Crippen molar-refractivity contribution in [3.63, 3.8) is 0 Å². The van der Waals surface area contributed by atoms with E-state index in [4.69, 9.17) is 4.74 Å². The number of nitrogens with zero attached hydrogens (tertiary/aromatic N) is 3. The molecule has 162 valence electrons. The third-order valence-corrected chi connectivity index (χ3v) is 6.17. The molecule has 0 saturated heterocycles. The summed E-state index contributed by atoms with van der Waals surface area (Å²) < 4.78 is 30.5. The van der Waals surface area contributed by atoms with Crippen molar-refractivity contribution in [2.75, 3.05) is 13.4 Å². The molecule has 0 radical (unpaired) electrons. The van der Waals surface area contributed by atoms with Gasteiger partial charge in [-0.25, -0.2) is 13.1 Å². The second kappa shape index (κ2) is 8.76. The average molecular weight is 448 g/mol. The Morgan fingerprint density at radius 3 is 2.34 bits per heavy atom. The molecule has 0 spiro atoms. The summed E-state index contributed by atoms with van der Waals surface area (Å²) in [5.41, 5.74) is 2.53. The molecule has 2 aromatic heterocycles. The van der Waals surface area contributed by atoms with Crippen LogP contribution in [0.5, 0.6) is 5.75 Å². The van der Waals surface area contributed by atoms with Crippen LogP contribution in [0.3, 0.4) is 0 Å². The molecule has 4 aromatic rings. The number of hydrogen-bond donors (Lipinski definition) is 0. The van der Waals surface area contributed by atoms with Crippen LogP contribution in [0, 0.1) is 0 Å². The van der Waals surface area contributed by atoms with Gasteiger partial charge in [-0.15, -0.1) is 0 Å². The summed E-state index contributed by atoms with van der Waals surface area (Å²) in [6.45, 7) is 0.301. The summed E-state index contributed by atoms with van der Waals surface area (Å²) in [5, 5.41) is 4.38. The molecule has 0 saturated carbocycles. The molecule has 2 aromatic carbocycles. The molecule has 0 aliphatic rings. The van der Waals surface area contributed by atoms with Crippen molar-refractivity contribution in [3.8, 4) is 28.1 Å². The van der Waals surface area contributed by atoms with Gasteiger partial charge < -0.3 is 4.74 Å². The third-order valence-electron chi connectivity index (χ3n) is 5.04. The molecule has 8 heteroatoms.